The van der Waals surface area contributed by atoms with Crippen molar-refractivity contribution in [3.8, 4) is 0 Å². The second-order valence-corrected chi connectivity index (χ2v) is 5.85. The summed E-state index contributed by atoms with van der Waals surface area (Å²) in [4.78, 5) is 10.3. The van der Waals surface area contributed by atoms with Crippen molar-refractivity contribution in [2.45, 2.75) is 44.6 Å². The van der Waals surface area contributed by atoms with E-state index in [1.165, 1.54) is 12.1 Å². The minimum Gasteiger partial charge on any atom is -0.388 e. The molecule has 0 aromatic heterocycles. The van der Waals surface area contributed by atoms with Crippen LogP contribution in [0, 0.1) is 21.8 Å². The standard InChI is InChI=1S/C15H21FN2O3/c1-2-11-5-7-15(19,8-6-11)10-17-13-4-3-12(16)9-14(13)18(20)21/h3-4,9,11,17,19H,2,5-8,10H2,1H3. The number of nitro groups is 1. The van der Waals surface area contributed by atoms with Crippen LogP contribution in [0.1, 0.15) is 39.0 Å². The van der Waals surface area contributed by atoms with Gasteiger partial charge < -0.3 is 10.4 Å². The lowest BCUT2D eigenvalue weighted by Gasteiger charge is -2.36. The Morgan fingerprint density at radius 1 is 1.48 bits per heavy atom. The summed E-state index contributed by atoms with van der Waals surface area (Å²) in [5.41, 5.74) is -0.901. The summed E-state index contributed by atoms with van der Waals surface area (Å²) in [6.45, 7) is 2.39. The molecule has 0 amide bonds. The molecule has 0 bridgehead atoms. The lowest BCUT2D eigenvalue weighted by Crippen LogP contribution is -2.40. The Labute approximate surface area is 123 Å². The molecule has 1 aromatic carbocycles. The molecule has 1 aliphatic carbocycles. The molecule has 0 unspecified atom stereocenters. The number of halogens is 1. The molecule has 1 fully saturated rings. The number of anilines is 1. The molecule has 5 nitrogen and oxygen atoms in total. The van der Waals surface area contributed by atoms with E-state index < -0.39 is 16.3 Å². The molecule has 1 aliphatic rings. The summed E-state index contributed by atoms with van der Waals surface area (Å²) in [6.07, 6.45) is 4.44. The predicted molar refractivity (Wildman–Crippen MR) is 78.7 cm³/mol. The highest BCUT2D eigenvalue weighted by atomic mass is 19.1. The predicted octanol–water partition coefficient (Wildman–Crippen LogP) is 3.48. The summed E-state index contributed by atoms with van der Waals surface area (Å²) >= 11 is 0. The third kappa shape index (κ3) is 3.91. The van der Waals surface area contributed by atoms with Gasteiger partial charge >= 0.3 is 0 Å². The number of nitrogens with one attached hydrogen (secondary N) is 1. The van der Waals surface area contributed by atoms with E-state index >= 15 is 0 Å². The molecule has 21 heavy (non-hydrogen) atoms. The van der Waals surface area contributed by atoms with E-state index in [1.54, 1.807) is 0 Å². The quantitative estimate of drug-likeness (QED) is 0.644. The van der Waals surface area contributed by atoms with Gasteiger partial charge in [0.1, 0.15) is 11.5 Å². The van der Waals surface area contributed by atoms with Gasteiger partial charge in [0.2, 0.25) is 0 Å². The van der Waals surface area contributed by atoms with Gasteiger partial charge in [0.05, 0.1) is 16.6 Å². The first-order valence-corrected chi connectivity index (χ1v) is 7.34. The third-order valence-corrected chi connectivity index (χ3v) is 4.38. The van der Waals surface area contributed by atoms with Crippen molar-refractivity contribution < 1.29 is 14.4 Å². The van der Waals surface area contributed by atoms with Crippen LogP contribution in [0.15, 0.2) is 18.2 Å². The number of hydrogen-bond donors (Lipinski definition) is 2. The zero-order valence-electron chi connectivity index (χ0n) is 12.1. The first kappa shape index (κ1) is 15.7. The van der Waals surface area contributed by atoms with Gasteiger partial charge in [-0.1, -0.05) is 13.3 Å². The Bertz CT molecular complexity index is 514. The van der Waals surface area contributed by atoms with Crippen LogP contribution in [-0.2, 0) is 0 Å². The van der Waals surface area contributed by atoms with Gasteiger partial charge in [0.25, 0.3) is 5.69 Å². The van der Waals surface area contributed by atoms with Crippen molar-refractivity contribution in [1.82, 2.24) is 0 Å². The van der Waals surface area contributed by atoms with Crippen LogP contribution in [-0.4, -0.2) is 22.2 Å². The maximum absolute atomic E-state index is 13.1. The summed E-state index contributed by atoms with van der Waals surface area (Å²) in [5.74, 6) is 0.0137. The normalized spacial score (nSPS) is 25.6. The monoisotopic (exact) mass is 296 g/mol. The van der Waals surface area contributed by atoms with Crippen LogP contribution in [0.4, 0.5) is 15.8 Å². The molecule has 0 radical (unpaired) electrons. The Morgan fingerprint density at radius 3 is 2.71 bits per heavy atom. The summed E-state index contributed by atoms with van der Waals surface area (Å²) in [7, 11) is 0. The molecule has 1 saturated carbocycles. The van der Waals surface area contributed by atoms with Crippen LogP contribution in [0.3, 0.4) is 0 Å². The topological polar surface area (TPSA) is 75.4 Å². The van der Waals surface area contributed by atoms with E-state index in [4.69, 9.17) is 0 Å². The fourth-order valence-electron chi connectivity index (χ4n) is 2.87. The van der Waals surface area contributed by atoms with Crippen LogP contribution in [0.5, 0.6) is 0 Å². The smallest absolute Gasteiger partial charge is 0.295 e. The number of aliphatic hydroxyl groups is 1. The molecular formula is C15H21FN2O3. The summed E-state index contributed by atoms with van der Waals surface area (Å²) < 4.78 is 13.1. The number of hydrogen-bond acceptors (Lipinski definition) is 4. The van der Waals surface area contributed by atoms with Crippen molar-refractivity contribution in [3.05, 3.63) is 34.1 Å². The SMILES string of the molecule is CCC1CCC(O)(CNc2ccc(F)cc2[N+](=O)[O-])CC1. The first-order chi connectivity index (χ1) is 9.93. The van der Waals surface area contributed by atoms with E-state index in [0.29, 0.717) is 18.8 Å². The fourth-order valence-corrected chi connectivity index (χ4v) is 2.87. The molecule has 0 atom stereocenters. The highest BCUT2D eigenvalue weighted by Gasteiger charge is 2.32. The second kappa shape index (κ2) is 6.39. The van der Waals surface area contributed by atoms with Crippen molar-refractivity contribution in [1.29, 1.82) is 0 Å². The maximum Gasteiger partial charge on any atom is 0.295 e. The molecule has 2 rings (SSSR count). The highest BCUT2D eigenvalue weighted by molar-refractivity contribution is 5.61. The second-order valence-electron chi connectivity index (χ2n) is 5.85. The zero-order chi connectivity index (χ0) is 15.5. The summed E-state index contributed by atoms with van der Waals surface area (Å²) in [5, 5.41) is 24.4. The van der Waals surface area contributed by atoms with E-state index in [1.807, 2.05) is 0 Å². The van der Waals surface area contributed by atoms with Crippen molar-refractivity contribution in [2.24, 2.45) is 5.92 Å². The van der Waals surface area contributed by atoms with Crippen molar-refractivity contribution >= 4 is 11.4 Å². The molecule has 2 N–H and O–H groups in total. The summed E-state index contributed by atoms with van der Waals surface area (Å²) in [6, 6.07) is 3.40. The van der Waals surface area contributed by atoms with Crippen molar-refractivity contribution in [2.75, 3.05) is 11.9 Å². The molecule has 6 heteroatoms. The van der Waals surface area contributed by atoms with Gasteiger partial charge in [-0.3, -0.25) is 10.1 Å². The number of rotatable bonds is 5. The molecule has 1 aromatic rings. The average molecular weight is 296 g/mol. The molecule has 0 heterocycles. The van der Waals surface area contributed by atoms with Gasteiger partial charge in [-0.2, -0.15) is 0 Å². The van der Waals surface area contributed by atoms with Crippen LogP contribution in [0.25, 0.3) is 0 Å². The van der Waals surface area contributed by atoms with E-state index in [2.05, 4.69) is 12.2 Å². The number of nitrogens with zero attached hydrogens (tertiary/aromatic N) is 1. The van der Waals surface area contributed by atoms with Crippen molar-refractivity contribution in [3.63, 3.8) is 0 Å². The maximum atomic E-state index is 13.1. The highest BCUT2D eigenvalue weighted by Crippen LogP contribution is 2.34. The Balaban J connectivity index is 2.01. The van der Waals surface area contributed by atoms with Gasteiger partial charge in [0.15, 0.2) is 0 Å². The zero-order valence-corrected chi connectivity index (χ0v) is 12.1. The van der Waals surface area contributed by atoms with Crippen LogP contribution >= 0.6 is 0 Å². The minimum atomic E-state index is -0.839. The minimum absolute atomic E-state index is 0.243. The van der Waals surface area contributed by atoms with E-state index in [0.717, 1.165) is 25.3 Å². The average Bonchev–Trinajstić information content (AvgIpc) is 2.47. The molecular weight excluding hydrogens is 275 g/mol. The first-order valence-electron chi connectivity index (χ1n) is 7.34. The number of benzene rings is 1. The van der Waals surface area contributed by atoms with E-state index in [9.17, 15) is 19.6 Å². The van der Waals surface area contributed by atoms with Gasteiger partial charge in [-0.15, -0.1) is 0 Å². The lowest BCUT2D eigenvalue weighted by molar-refractivity contribution is -0.384. The lowest BCUT2D eigenvalue weighted by atomic mass is 9.78. The molecule has 116 valence electrons. The van der Waals surface area contributed by atoms with Crippen LogP contribution < -0.4 is 5.32 Å². The van der Waals surface area contributed by atoms with Crippen LogP contribution in [0.2, 0.25) is 0 Å². The number of nitro benzene ring substituents is 1. The largest absolute Gasteiger partial charge is 0.388 e. The van der Waals surface area contributed by atoms with Gasteiger partial charge in [-0.25, -0.2) is 4.39 Å². The molecule has 0 saturated heterocycles. The van der Waals surface area contributed by atoms with E-state index in [-0.39, 0.29) is 17.9 Å². The third-order valence-electron chi connectivity index (χ3n) is 4.38. The van der Waals surface area contributed by atoms with Gasteiger partial charge in [-0.05, 0) is 43.7 Å². The Hall–Kier alpha value is -1.69. The Morgan fingerprint density at radius 2 is 2.14 bits per heavy atom. The molecule has 0 spiro atoms. The Kier molecular flexibility index (Phi) is 4.77. The fraction of sp³-hybridized carbons (Fsp3) is 0.600. The molecule has 0 aliphatic heterocycles. The van der Waals surface area contributed by atoms with Gasteiger partial charge in [0, 0.05) is 6.54 Å².